The molecular weight excluding hydrogens is 330 g/mol. The first-order chi connectivity index (χ1) is 12.2. The van der Waals surface area contributed by atoms with Crippen LogP contribution in [0, 0.1) is 5.92 Å². The lowest BCUT2D eigenvalue weighted by molar-refractivity contribution is -0.139. The highest BCUT2D eigenvalue weighted by molar-refractivity contribution is 7.80. The zero-order chi connectivity index (χ0) is 17.2. The maximum atomic E-state index is 12.9. The van der Waals surface area contributed by atoms with E-state index >= 15 is 0 Å². The molecule has 0 radical (unpaired) electrons. The average Bonchev–Trinajstić information content (AvgIpc) is 3.34. The van der Waals surface area contributed by atoms with Crippen LogP contribution in [0.3, 0.4) is 0 Å². The monoisotopic (exact) mass is 357 g/mol. The third-order valence-electron chi connectivity index (χ3n) is 5.84. The number of rotatable bonds is 3. The lowest BCUT2D eigenvalue weighted by atomic mass is 10.0. The Bertz CT molecular complexity index is 631. The van der Waals surface area contributed by atoms with Gasteiger partial charge in [-0.05, 0) is 61.4 Å². The van der Waals surface area contributed by atoms with E-state index in [9.17, 15) is 4.79 Å². The van der Waals surface area contributed by atoms with Gasteiger partial charge in [0.1, 0.15) is 0 Å². The van der Waals surface area contributed by atoms with Gasteiger partial charge in [-0.15, -0.1) is 0 Å². The van der Waals surface area contributed by atoms with Crippen LogP contribution in [0.15, 0.2) is 24.3 Å². The topological polar surface area (TPSA) is 35.6 Å². The van der Waals surface area contributed by atoms with Crippen molar-refractivity contribution in [3.8, 4) is 0 Å². The zero-order valence-electron chi connectivity index (χ0n) is 14.7. The summed E-state index contributed by atoms with van der Waals surface area (Å²) in [5, 5.41) is 8.13. The molecule has 0 unspecified atom stereocenters. The molecule has 1 aliphatic heterocycles. The third kappa shape index (κ3) is 3.66. The van der Waals surface area contributed by atoms with Crippen LogP contribution in [0.4, 0.5) is 0 Å². The number of carbonyl (C=O) groups is 1. The van der Waals surface area contributed by atoms with Gasteiger partial charge in [0.25, 0.3) is 0 Å². The Balaban J connectivity index is 1.34. The SMILES string of the molecule is O=C(CC1Cc2ccccc2C1)N1CCCN1C(=S)NC1CCCC1. The van der Waals surface area contributed by atoms with E-state index in [1.54, 1.807) is 0 Å². The van der Waals surface area contributed by atoms with Crippen LogP contribution in [0.2, 0.25) is 0 Å². The molecule has 3 aliphatic rings. The largest absolute Gasteiger partial charge is 0.358 e. The van der Waals surface area contributed by atoms with E-state index in [1.807, 2.05) is 10.0 Å². The van der Waals surface area contributed by atoms with Crippen LogP contribution < -0.4 is 5.32 Å². The first-order valence-corrected chi connectivity index (χ1v) is 10.1. The Morgan fingerprint density at radius 1 is 1.04 bits per heavy atom. The molecule has 2 aliphatic carbocycles. The normalized spacial score (nSPS) is 21.0. The van der Waals surface area contributed by atoms with Crippen LogP contribution in [-0.2, 0) is 17.6 Å². The lowest BCUT2D eigenvalue weighted by Gasteiger charge is -2.32. The smallest absolute Gasteiger partial charge is 0.241 e. The van der Waals surface area contributed by atoms with Gasteiger partial charge in [0.05, 0.1) is 0 Å². The number of carbonyl (C=O) groups excluding carboxylic acids is 1. The van der Waals surface area contributed by atoms with E-state index < -0.39 is 0 Å². The molecule has 0 atom stereocenters. The van der Waals surface area contributed by atoms with Gasteiger partial charge in [0.15, 0.2) is 5.11 Å². The number of fused-ring (bicyclic) bond motifs is 1. The van der Waals surface area contributed by atoms with Crippen LogP contribution in [0.25, 0.3) is 0 Å². The van der Waals surface area contributed by atoms with Gasteiger partial charge in [-0.25, -0.2) is 0 Å². The maximum absolute atomic E-state index is 12.9. The van der Waals surface area contributed by atoms with Crippen molar-refractivity contribution >= 4 is 23.2 Å². The average molecular weight is 358 g/mol. The molecule has 4 nitrogen and oxygen atoms in total. The number of benzene rings is 1. The van der Waals surface area contributed by atoms with Crippen molar-refractivity contribution in [2.24, 2.45) is 5.92 Å². The van der Waals surface area contributed by atoms with E-state index in [0.717, 1.165) is 37.5 Å². The van der Waals surface area contributed by atoms with Crippen molar-refractivity contribution in [3.63, 3.8) is 0 Å². The number of nitrogens with zero attached hydrogens (tertiary/aromatic N) is 2. The molecule has 1 aromatic rings. The molecule has 1 aromatic carbocycles. The first-order valence-electron chi connectivity index (χ1n) is 9.66. The van der Waals surface area contributed by atoms with Crippen molar-refractivity contribution in [2.75, 3.05) is 13.1 Å². The van der Waals surface area contributed by atoms with Crippen molar-refractivity contribution in [1.82, 2.24) is 15.3 Å². The Morgan fingerprint density at radius 2 is 1.68 bits per heavy atom. The molecule has 0 aromatic heterocycles. The Kier molecular flexibility index (Phi) is 4.93. The molecule has 4 rings (SSSR count). The summed E-state index contributed by atoms with van der Waals surface area (Å²) in [5.74, 6) is 0.662. The summed E-state index contributed by atoms with van der Waals surface area (Å²) in [7, 11) is 0. The van der Waals surface area contributed by atoms with Crippen molar-refractivity contribution in [3.05, 3.63) is 35.4 Å². The summed E-state index contributed by atoms with van der Waals surface area (Å²) in [6.45, 7) is 1.65. The molecular formula is C20H27N3OS. The second kappa shape index (κ2) is 7.32. The highest BCUT2D eigenvalue weighted by Gasteiger charge is 2.32. The molecule has 1 heterocycles. The Hall–Kier alpha value is -1.62. The molecule has 1 amide bonds. The van der Waals surface area contributed by atoms with Gasteiger partial charge in [-0.2, -0.15) is 0 Å². The van der Waals surface area contributed by atoms with Crippen molar-refractivity contribution in [2.45, 2.75) is 57.4 Å². The van der Waals surface area contributed by atoms with Gasteiger partial charge in [0.2, 0.25) is 5.91 Å². The van der Waals surface area contributed by atoms with Crippen LogP contribution in [0.1, 0.15) is 49.7 Å². The fourth-order valence-corrected chi connectivity index (χ4v) is 4.90. The summed E-state index contributed by atoms with van der Waals surface area (Å²) in [5.41, 5.74) is 2.83. The van der Waals surface area contributed by atoms with E-state index in [-0.39, 0.29) is 5.91 Å². The number of nitrogens with one attached hydrogen (secondary N) is 1. The Labute approximate surface area is 155 Å². The zero-order valence-corrected chi connectivity index (χ0v) is 15.6. The Morgan fingerprint density at radius 3 is 2.36 bits per heavy atom. The minimum absolute atomic E-state index is 0.228. The fourth-order valence-electron chi connectivity index (χ4n) is 4.55. The van der Waals surface area contributed by atoms with Gasteiger partial charge < -0.3 is 5.32 Å². The molecule has 0 bridgehead atoms. The summed E-state index contributed by atoms with van der Waals surface area (Å²) in [6, 6.07) is 9.08. The minimum Gasteiger partial charge on any atom is -0.358 e. The highest BCUT2D eigenvalue weighted by atomic mass is 32.1. The van der Waals surface area contributed by atoms with E-state index in [4.69, 9.17) is 12.2 Å². The summed E-state index contributed by atoms with van der Waals surface area (Å²) >= 11 is 5.61. The molecule has 1 saturated heterocycles. The van der Waals surface area contributed by atoms with Gasteiger partial charge in [0, 0.05) is 25.6 Å². The predicted molar refractivity (Wildman–Crippen MR) is 103 cm³/mol. The molecule has 5 heteroatoms. The van der Waals surface area contributed by atoms with Crippen molar-refractivity contribution < 1.29 is 4.79 Å². The number of hydrazine groups is 1. The maximum Gasteiger partial charge on any atom is 0.241 e. The van der Waals surface area contributed by atoms with Crippen molar-refractivity contribution in [1.29, 1.82) is 0 Å². The van der Waals surface area contributed by atoms with Crippen LogP contribution >= 0.6 is 12.2 Å². The number of amides is 1. The fraction of sp³-hybridized carbons (Fsp3) is 0.600. The van der Waals surface area contributed by atoms with Crippen LogP contribution in [0.5, 0.6) is 0 Å². The second-order valence-corrected chi connectivity index (χ2v) is 8.06. The van der Waals surface area contributed by atoms with Gasteiger partial charge in [-0.3, -0.25) is 14.8 Å². The highest BCUT2D eigenvalue weighted by Crippen LogP contribution is 2.29. The summed E-state index contributed by atoms with van der Waals surface area (Å²) < 4.78 is 0. The third-order valence-corrected chi connectivity index (χ3v) is 6.16. The predicted octanol–water partition coefficient (Wildman–Crippen LogP) is 3.06. The van der Waals surface area contributed by atoms with Crippen LogP contribution in [-0.4, -0.2) is 40.2 Å². The molecule has 25 heavy (non-hydrogen) atoms. The number of hydrogen-bond donors (Lipinski definition) is 1. The summed E-state index contributed by atoms with van der Waals surface area (Å²) in [4.78, 5) is 12.9. The molecule has 2 fully saturated rings. The van der Waals surface area contributed by atoms with Gasteiger partial charge >= 0.3 is 0 Å². The standard InChI is InChI=1S/C20H27N3OS/c24-19(14-15-12-16-6-1-2-7-17(16)13-15)22-10-5-11-23(22)20(25)21-18-8-3-4-9-18/h1-2,6-7,15,18H,3-5,8-14H2,(H,21,25). The quantitative estimate of drug-likeness (QED) is 0.844. The molecule has 0 spiro atoms. The number of thiocarbonyl (C=S) groups is 1. The van der Waals surface area contributed by atoms with E-state index in [2.05, 4.69) is 29.6 Å². The first kappa shape index (κ1) is 16.8. The molecule has 1 N–H and O–H groups in total. The van der Waals surface area contributed by atoms with Gasteiger partial charge in [-0.1, -0.05) is 37.1 Å². The molecule has 134 valence electrons. The summed E-state index contributed by atoms with van der Waals surface area (Å²) in [6.07, 6.45) is 8.64. The molecule has 1 saturated carbocycles. The minimum atomic E-state index is 0.228. The van der Waals surface area contributed by atoms with E-state index in [1.165, 1.54) is 36.8 Å². The lowest BCUT2D eigenvalue weighted by Crippen LogP contribution is -2.51. The number of hydrogen-bond acceptors (Lipinski definition) is 2. The second-order valence-electron chi connectivity index (χ2n) is 7.67. The van der Waals surface area contributed by atoms with E-state index in [0.29, 0.717) is 18.4 Å².